The van der Waals surface area contributed by atoms with E-state index in [1.165, 1.54) is 24.4 Å². The molecule has 2 N–H and O–H groups in total. The number of H-pyrrole nitrogens is 1. The van der Waals surface area contributed by atoms with E-state index in [0.29, 0.717) is 5.92 Å². The van der Waals surface area contributed by atoms with Crippen molar-refractivity contribution in [3.05, 3.63) is 17.2 Å². The largest absolute Gasteiger partial charge is 0.346 e. The van der Waals surface area contributed by atoms with Crippen LogP contribution in [0.1, 0.15) is 36.0 Å². The zero-order valence-electron chi connectivity index (χ0n) is 8.35. The van der Waals surface area contributed by atoms with E-state index in [1.54, 1.807) is 0 Å². The number of piperidine rings is 1. The van der Waals surface area contributed by atoms with Crippen LogP contribution in [0.4, 0.5) is 0 Å². The van der Waals surface area contributed by atoms with Gasteiger partial charge in [0.2, 0.25) is 0 Å². The molecule has 1 aromatic heterocycles. The molecule has 0 spiro atoms. The van der Waals surface area contributed by atoms with Gasteiger partial charge in [0.05, 0.1) is 5.69 Å². The lowest BCUT2D eigenvalue weighted by atomic mass is 9.99. The van der Waals surface area contributed by atoms with Crippen LogP contribution >= 0.6 is 0 Å². The van der Waals surface area contributed by atoms with Crippen LogP contribution < -0.4 is 5.32 Å². The zero-order valence-corrected chi connectivity index (χ0v) is 8.35. The van der Waals surface area contributed by atoms with E-state index < -0.39 is 0 Å². The second-order valence-corrected chi connectivity index (χ2v) is 3.88. The van der Waals surface area contributed by atoms with Crippen LogP contribution in [0.25, 0.3) is 0 Å². The minimum atomic E-state index is 0.598. The van der Waals surface area contributed by atoms with Gasteiger partial charge in [-0.25, -0.2) is 4.98 Å². The first kappa shape index (κ1) is 8.75. The summed E-state index contributed by atoms with van der Waals surface area (Å²) >= 11 is 0. The number of aromatic amines is 1. The highest BCUT2D eigenvalue weighted by atomic mass is 15.0. The van der Waals surface area contributed by atoms with E-state index in [0.717, 1.165) is 18.8 Å². The van der Waals surface area contributed by atoms with Crippen LogP contribution in [0.5, 0.6) is 0 Å². The number of rotatable bonds is 1. The van der Waals surface area contributed by atoms with E-state index >= 15 is 0 Å². The van der Waals surface area contributed by atoms with Crippen molar-refractivity contribution in [2.45, 2.75) is 32.6 Å². The van der Waals surface area contributed by atoms with Gasteiger partial charge in [0, 0.05) is 18.2 Å². The quantitative estimate of drug-likeness (QED) is 0.685. The van der Waals surface area contributed by atoms with Gasteiger partial charge in [0.15, 0.2) is 0 Å². The number of hydrogen-bond donors (Lipinski definition) is 2. The Morgan fingerprint density at radius 3 is 2.77 bits per heavy atom. The third-order valence-corrected chi connectivity index (χ3v) is 2.83. The Bertz CT molecular complexity index is 265. The van der Waals surface area contributed by atoms with Crippen LogP contribution in [0.2, 0.25) is 0 Å². The predicted octanol–water partition coefficient (Wildman–Crippen LogP) is 1.49. The van der Waals surface area contributed by atoms with Crippen molar-refractivity contribution in [2.75, 3.05) is 13.1 Å². The minimum Gasteiger partial charge on any atom is -0.346 e. The Morgan fingerprint density at radius 1 is 1.38 bits per heavy atom. The molecular weight excluding hydrogens is 162 g/mol. The number of imidazole rings is 1. The molecule has 0 bridgehead atoms. The standard InChI is InChI=1S/C10H17N3/c1-7-8(2)13-10(12-7)9-4-3-5-11-6-9/h9,11H,3-6H2,1-2H3,(H,12,13)/t9-/m0/s1. The summed E-state index contributed by atoms with van der Waals surface area (Å²) in [5, 5.41) is 3.40. The lowest BCUT2D eigenvalue weighted by Crippen LogP contribution is -2.28. The van der Waals surface area contributed by atoms with Gasteiger partial charge in [-0.1, -0.05) is 0 Å². The summed E-state index contributed by atoms with van der Waals surface area (Å²) in [4.78, 5) is 7.90. The summed E-state index contributed by atoms with van der Waals surface area (Å²) in [5.41, 5.74) is 2.35. The van der Waals surface area contributed by atoms with Gasteiger partial charge in [-0.2, -0.15) is 0 Å². The molecule has 13 heavy (non-hydrogen) atoms. The molecule has 0 saturated carbocycles. The van der Waals surface area contributed by atoms with E-state index in [1.807, 2.05) is 0 Å². The highest BCUT2D eigenvalue weighted by molar-refractivity contribution is 5.14. The van der Waals surface area contributed by atoms with Crippen LogP contribution in [0.15, 0.2) is 0 Å². The Labute approximate surface area is 79.0 Å². The molecule has 0 amide bonds. The maximum Gasteiger partial charge on any atom is 0.110 e. The molecule has 3 heteroatoms. The molecule has 0 aliphatic carbocycles. The normalized spacial score (nSPS) is 23.4. The Balaban J connectivity index is 2.14. The summed E-state index contributed by atoms with van der Waals surface area (Å²) in [5.74, 6) is 1.77. The van der Waals surface area contributed by atoms with Crippen LogP contribution in [-0.4, -0.2) is 23.1 Å². The van der Waals surface area contributed by atoms with Gasteiger partial charge in [0.25, 0.3) is 0 Å². The van der Waals surface area contributed by atoms with Crippen molar-refractivity contribution < 1.29 is 0 Å². The van der Waals surface area contributed by atoms with E-state index in [4.69, 9.17) is 0 Å². The summed E-state index contributed by atoms with van der Waals surface area (Å²) < 4.78 is 0. The zero-order chi connectivity index (χ0) is 9.26. The van der Waals surface area contributed by atoms with Gasteiger partial charge in [-0.05, 0) is 33.2 Å². The molecule has 0 radical (unpaired) electrons. The SMILES string of the molecule is Cc1nc([C@H]2CCCNC2)[nH]c1C. The molecule has 1 aromatic rings. The summed E-state index contributed by atoms with van der Waals surface area (Å²) in [7, 11) is 0. The van der Waals surface area contributed by atoms with Gasteiger partial charge in [0.1, 0.15) is 5.82 Å². The number of nitrogens with zero attached hydrogens (tertiary/aromatic N) is 1. The average molecular weight is 179 g/mol. The minimum absolute atomic E-state index is 0.598. The lowest BCUT2D eigenvalue weighted by molar-refractivity contribution is 0.448. The molecule has 0 aromatic carbocycles. The summed E-state index contributed by atoms with van der Waals surface area (Å²) in [6, 6.07) is 0. The topological polar surface area (TPSA) is 40.7 Å². The monoisotopic (exact) mass is 179 g/mol. The molecular formula is C10H17N3. The van der Waals surface area contributed by atoms with Crippen molar-refractivity contribution in [2.24, 2.45) is 0 Å². The molecule has 1 atom stereocenters. The van der Waals surface area contributed by atoms with Gasteiger partial charge >= 0.3 is 0 Å². The third-order valence-electron chi connectivity index (χ3n) is 2.83. The molecule has 72 valence electrons. The number of aryl methyl sites for hydroxylation is 2. The predicted molar refractivity (Wildman–Crippen MR) is 52.9 cm³/mol. The van der Waals surface area contributed by atoms with Crippen molar-refractivity contribution in [3.63, 3.8) is 0 Å². The van der Waals surface area contributed by atoms with Gasteiger partial charge < -0.3 is 10.3 Å². The molecule has 2 heterocycles. The fraction of sp³-hybridized carbons (Fsp3) is 0.700. The first-order valence-electron chi connectivity index (χ1n) is 5.01. The van der Waals surface area contributed by atoms with Crippen molar-refractivity contribution in [1.29, 1.82) is 0 Å². The van der Waals surface area contributed by atoms with Crippen LogP contribution in [-0.2, 0) is 0 Å². The highest BCUT2D eigenvalue weighted by Crippen LogP contribution is 2.21. The highest BCUT2D eigenvalue weighted by Gasteiger charge is 2.18. The van der Waals surface area contributed by atoms with Crippen LogP contribution in [0, 0.1) is 13.8 Å². The van der Waals surface area contributed by atoms with Crippen molar-refractivity contribution in [1.82, 2.24) is 15.3 Å². The van der Waals surface area contributed by atoms with E-state index in [9.17, 15) is 0 Å². The molecule has 0 unspecified atom stereocenters. The fourth-order valence-electron chi connectivity index (χ4n) is 1.85. The van der Waals surface area contributed by atoms with Crippen LogP contribution in [0.3, 0.4) is 0 Å². The fourth-order valence-corrected chi connectivity index (χ4v) is 1.85. The molecule has 2 rings (SSSR count). The van der Waals surface area contributed by atoms with Gasteiger partial charge in [-0.15, -0.1) is 0 Å². The first-order chi connectivity index (χ1) is 6.27. The van der Waals surface area contributed by atoms with E-state index in [-0.39, 0.29) is 0 Å². The summed E-state index contributed by atoms with van der Waals surface area (Å²) in [6.45, 7) is 6.38. The Morgan fingerprint density at radius 2 is 2.23 bits per heavy atom. The van der Waals surface area contributed by atoms with Crippen molar-refractivity contribution >= 4 is 0 Å². The maximum absolute atomic E-state index is 4.54. The average Bonchev–Trinajstić information content (AvgIpc) is 2.49. The first-order valence-corrected chi connectivity index (χ1v) is 5.01. The maximum atomic E-state index is 4.54. The molecule has 1 saturated heterocycles. The molecule has 3 nitrogen and oxygen atoms in total. The van der Waals surface area contributed by atoms with Gasteiger partial charge in [-0.3, -0.25) is 0 Å². The summed E-state index contributed by atoms with van der Waals surface area (Å²) in [6.07, 6.45) is 2.53. The number of hydrogen-bond acceptors (Lipinski definition) is 2. The lowest BCUT2D eigenvalue weighted by Gasteiger charge is -2.20. The second-order valence-electron chi connectivity index (χ2n) is 3.88. The van der Waals surface area contributed by atoms with Crippen molar-refractivity contribution in [3.8, 4) is 0 Å². The second kappa shape index (κ2) is 3.50. The molecule has 1 aliphatic rings. The molecule has 1 fully saturated rings. The number of nitrogens with one attached hydrogen (secondary N) is 2. The smallest absolute Gasteiger partial charge is 0.110 e. The Kier molecular flexibility index (Phi) is 2.36. The number of aromatic nitrogens is 2. The molecule has 1 aliphatic heterocycles. The van der Waals surface area contributed by atoms with E-state index in [2.05, 4.69) is 29.1 Å². The Hall–Kier alpha value is -0.830. The third kappa shape index (κ3) is 1.75.